The number of hydrogen-bond donors (Lipinski definition) is 1. The SMILES string of the molecule is C[C@@]12CCCC1C1C=C(CO)C2C1. The Balaban J connectivity index is 2.00. The molecule has 1 heteroatoms. The standard InChI is InChI=1S/C12H18O/c1-12-4-2-3-10(12)8-5-9(7-13)11(12)6-8/h5,8,10-11,13H,2-4,6-7H2,1H3/t8?,10?,11?,12-/m1/s1. The predicted octanol–water partition coefficient (Wildman–Crippen LogP) is 2.36. The minimum atomic E-state index is 0.309. The highest BCUT2D eigenvalue weighted by atomic mass is 16.3. The summed E-state index contributed by atoms with van der Waals surface area (Å²) in [6, 6.07) is 0. The van der Waals surface area contributed by atoms with Crippen LogP contribution in [-0.4, -0.2) is 11.7 Å². The van der Waals surface area contributed by atoms with E-state index in [1.807, 2.05) is 0 Å². The Labute approximate surface area is 79.8 Å². The number of rotatable bonds is 1. The van der Waals surface area contributed by atoms with Gasteiger partial charge in [-0.15, -0.1) is 0 Å². The smallest absolute Gasteiger partial charge is 0.0644 e. The van der Waals surface area contributed by atoms with Crippen molar-refractivity contribution in [3.63, 3.8) is 0 Å². The van der Waals surface area contributed by atoms with Crippen molar-refractivity contribution >= 4 is 0 Å². The number of hydrogen-bond acceptors (Lipinski definition) is 1. The average Bonchev–Trinajstić information content (AvgIpc) is 2.71. The summed E-state index contributed by atoms with van der Waals surface area (Å²) in [5.74, 6) is 2.50. The maximum Gasteiger partial charge on any atom is 0.0644 e. The van der Waals surface area contributed by atoms with E-state index in [1.165, 1.54) is 31.3 Å². The Morgan fingerprint density at radius 3 is 3.23 bits per heavy atom. The Kier molecular flexibility index (Phi) is 1.48. The minimum Gasteiger partial charge on any atom is -0.392 e. The molecule has 72 valence electrons. The van der Waals surface area contributed by atoms with Crippen molar-refractivity contribution in [2.24, 2.45) is 23.2 Å². The zero-order valence-corrected chi connectivity index (χ0v) is 8.29. The van der Waals surface area contributed by atoms with Crippen LogP contribution in [0.5, 0.6) is 0 Å². The summed E-state index contributed by atoms with van der Waals surface area (Å²) in [6.07, 6.45) is 7.98. The zero-order chi connectivity index (χ0) is 9.05. The minimum absolute atomic E-state index is 0.309. The largest absolute Gasteiger partial charge is 0.392 e. The van der Waals surface area contributed by atoms with E-state index in [-0.39, 0.29) is 0 Å². The van der Waals surface area contributed by atoms with Gasteiger partial charge >= 0.3 is 0 Å². The van der Waals surface area contributed by atoms with Gasteiger partial charge < -0.3 is 5.11 Å². The van der Waals surface area contributed by atoms with E-state index in [0.29, 0.717) is 12.0 Å². The van der Waals surface area contributed by atoms with Crippen LogP contribution in [0, 0.1) is 23.2 Å². The van der Waals surface area contributed by atoms with Crippen LogP contribution in [0.2, 0.25) is 0 Å². The molecule has 0 aliphatic heterocycles. The molecule has 3 aliphatic rings. The molecule has 0 aromatic rings. The lowest BCUT2D eigenvalue weighted by Gasteiger charge is -2.35. The molecule has 4 atom stereocenters. The lowest BCUT2D eigenvalue weighted by Crippen LogP contribution is -2.29. The lowest BCUT2D eigenvalue weighted by atomic mass is 9.69. The summed E-state index contributed by atoms with van der Waals surface area (Å²) < 4.78 is 0. The van der Waals surface area contributed by atoms with Gasteiger partial charge in [0.25, 0.3) is 0 Å². The van der Waals surface area contributed by atoms with Gasteiger partial charge in [-0.2, -0.15) is 0 Å². The third-order valence-electron chi connectivity index (χ3n) is 4.96. The maximum atomic E-state index is 9.25. The van der Waals surface area contributed by atoms with E-state index in [1.54, 1.807) is 0 Å². The molecule has 1 N–H and O–H groups in total. The van der Waals surface area contributed by atoms with Crippen LogP contribution in [0.1, 0.15) is 32.6 Å². The van der Waals surface area contributed by atoms with Crippen LogP contribution >= 0.6 is 0 Å². The van der Waals surface area contributed by atoms with Crippen LogP contribution in [0.4, 0.5) is 0 Å². The molecule has 3 unspecified atom stereocenters. The molecular weight excluding hydrogens is 160 g/mol. The molecule has 0 amide bonds. The zero-order valence-electron chi connectivity index (χ0n) is 8.29. The van der Waals surface area contributed by atoms with Crippen LogP contribution in [0.25, 0.3) is 0 Å². The van der Waals surface area contributed by atoms with E-state index in [0.717, 1.165) is 17.8 Å². The van der Waals surface area contributed by atoms with Crippen molar-refractivity contribution in [1.82, 2.24) is 0 Å². The topological polar surface area (TPSA) is 20.2 Å². The molecule has 0 radical (unpaired) electrons. The molecule has 0 aromatic carbocycles. The van der Waals surface area contributed by atoms with E-state index in [2.05, 4.69) is 13.0 Å². The third kappa shape index (κ3) is 0.817. The summed E-state index contributed by atoms with van der Waals surface area (Å²) in [7, 11) is 0. The van der Waals surface area contributed by atoms with Gasteiger partial charge in [-0.1, -0.05) is 19.4 Å². The van der Waals surface area contributed by atoms with Crippen molar-refractivity contribution in [2.45, 2.75) is 32.6 Å². The average molecular weight is 178 g/mol. The van der Waals surface area contributed by atoms with E-state index in [9.17, 15) is 5.11 Å². The van der Waals surface area contributed by atoms with Crippen LogP contribution < -0.4 is 0 Å². The van der Waals surface area contributed by atoms with Crippen molar-refractivity contribution in [1.29, 1.82) is 0 Å². The number of aliphatic hydroxyl groups excluding tert-OH is 1. The maximum absolute atomic E-state index is 9.25. The highest BCUT2D eigenvalue weighted by molar-refractivity contribution is 5.28. The first-order valence-corrected chi connectivity index (χ1v) is 5.57. The molecular formula is C12H18O. The predicted molar refractivity (Wildman–Crippen MR) is 52.2 cm³/mol. The Hall–Kier alpha value is -0.300. The van der Waals surface area contributed by atoms with Gasteiger partial charge in [-0.3, -0.25) is 0 Å². The Morgan fingerprint density at radius 2 is 2.46 bits per heavy atom. The second kappa shape index (κ2) is 2.38. The third-order valence-corrected chi connectivity index (χ3v) is 4.96. The summed E-state index contributed by atoms with van der Waals surface area (Å²) in [6.45, 7) is 2.77. The molecule has 0 saturated heterocycles. The first-order chi connectivity index (χ1) is 6.25. The second-order valence-corrected chi connectivity index (χ2v) is 5.36. The van der Waals surface area contributed by atoms with Gasteiger partial charge in [0, 0.05) is 0 Å². The highest BCUT2D eigenvalue weighted by Crippen LogP contribution is 2.65. The summed E-state index contributed by atoms with van der Waals surface area (Å²) in [5.41, 5.74) is 1.92. The first kappa shape index (κ1) is 8.05. The summed E-state index contributed by atoms with van der Waals surface area (Å²) in [5, 5.41) is 9.25. The van der Waals surface area contributed by atoms with Crippen molar-refractivity contribution in [2.75, 3.05) is 6.61 Å². The van der Waals surface area contributed by atoms with Gasteiger partial charge in [0.2, 0.25) is 0 Å². The summed E-state index contributed by atoms with van der Waals surface area (Å²) in [4.78, 5) is 0. The molecule has 1 nitrogen and oxygen atoms in total. The van der Waals surface area contributed by atoms with Gasteiger partial charge in [0.15, 0.2) is 0 Å². The normalized spacial score (nSPS) is 52.5. The van der Waals surface area contributed by atoms with Gasteiger partial charge in [0.05, 0.1) is 6.61 Å². The van der Waals surface area contributed by atoms with Gasteiger partial charge in [0.1, 0.15) is 0 Å². The molecule has 3 aliphatic carbocycles. The molecule has 2 saturated carbocycles. The molecule has 2 fully saturated rings. The highest BCUT2D eigenvalue weighted by Gasteiger charge is 2.57. The van der Waals surface area contributed by atoms with Crippen molar-refractivity contribution < 1.29 is 5.11 Å². The fraction of sp³-hybridized carbons (Fsp3) is 0.833. The number of allylic oxidation sites excluding steroid dienone is 1. The lowest BCUT2D eigenvalue weighted by molar-refractivity contribution is 0.180. The first-order valence-electron chi connectivity index (χ1n) is 5.57. The molecule has 0 aromatic heterocycles. The molecule has 0 heterocycles. The van der Waals surface area contributed by atoms with Crippen LogP contribution in [0.15, 0.2) is 11.6 Å². The summed E-state index contributed by atoms with van der Waals surface area (Å²) >= 11 is 0. The number of aliphatic hydroxyl groups is 1. The van der Waals surface area contributed by atoms with Gasteiger partial charge in [-0.25, -0.2) is 0 Å². The fourth-order valence-corrected chi connectivity index (χ4v) is 4.37. The molecule has 0 spiro atoms. The molecule has 13 heavy (non-hydrogen) atoms. The van der Waals surface area contributed by atoms with E-state index < -0.39 is 0 Å². The van der Waals surface area contributed by atoms with Crippen molar-refractivity contribution in [3.05, 3.63) is 11.6 Å². The van der Waals surface area contributed by atoms with E-state index >= 15 is 0 Å². The van der Waals surface area contributed by atoms with E-state index in [4.69, 9.17) is 0 Å². The monoisotopic (exact) mass is 178 g/mol. The second-order valence-electron chi connectivity index (χ2n) is 5.36. The fourth-order valence-electron chi connectivity index (χ4n) is 4.37. The Morgan fingerprint density at radius 1 is 1.62 bits per heavy atom. The molecule has 2 bridgehead atoms. The van der Waals surface area contributed by atoms with Crippen LogP contribution in [0.3, 0.4) is 0 Å². The number of fused-ring (bicyclic) bond motifs is 5. The van der Waals surface area contributed by atoms with Crippen molar-refractivity contribution in [3.8, 4) is 0 Å². The quantitative estimate of drug-likeness (QED) is 0.611. The molecule has 3 rings (SSSR count). The Bertz CT molecular complexity index is 268. The van der Waals surface area contributed by atoms with Crippen LogP contribution in [-0.2, 0) is 0 Å². The van der Waals surface area contributed by atoms with Gasteiger partial charge in [-0.05, 0) is 48.0 Å².